The monoisotopic (exact) mass is 385 g/mol. The smallest absolute Gasteiger partial charge is 0.335 e. The number of aromatic carboxylic acids is 1. The summed E-state index contributed by atoms with van der Waals surface area (Å²) in [5.41, 5.74) is 0.495. The maximum Gasteiger partial charge on any atom is 0.335 e. The van der Waals surface area contributed by atoms with Gasteiger partial charge >= 0.3 is 5.97 Å². The minimum atomic E-state index is -1.03. The van der Waals surface area contributed by atoms with Crippen molar-refractivity contribution in [3.8, 4) is 11.5 Å². The topological polar surface area (TPSA) is 84.9 Å². The van der Waals surface area contributed by atoms with Crippen LogP contribution in [0.15, 0.2) is 42.5 Å². The van der Waals surface area contributed by atoms with Gasteiger partial charge in [-0.3, -0.25) is 4.79 Å². The molecule has 2 aromatic carbocycles. The molecule has 0 unspecified atom stereocenters. The maximum absolute atomic E-state index is 12.6. The van der Waals surface area contributed by atoms with Gasteiger partial charge in [0.1, 0.15) is 10.8 Å². The first kappa shape index (κ1) is 18.7. The molecule has 1 heterocycles. The van der Waals surface area contributed by atoms with Crippen molar-refractivity contribution in [2.75, 3.05) is 12.4 Å². The fourth-order valence-corrected chi connectivity index (χ4v) is 3.57. The van der Waals surface area contributed by atoms with Gasteiger partial charge in [-0.25, -0.2) is 4.79 Å². The zero-order chi connectivity index (χ0) is 19.6. The van der Waals surface area contributed by atoms with Crippen LogP contribution < -0.4 is 14.8 Å². The van der Waals surface area contributed by atoms with Crippen LogP contribution in [-0.2, 0) is 0 Å². The normalized spacial score (nSPS) is 10.8. The quantitative estimate of drug-likeness (QED) is 0.645. The van der Waals surface area contributed by atoms with E-state index in [1.54, 1.807) is 7.11 Å². The van der Waals surface area contributed by atoms with Gasteiger partial charge in [0.2, 0.25) is 0 Å². The predicted molar refractivity (Wildman–Crippen MR) is 105 cm³/mol. The molecule has 0 aliphatic rings. The second kappa shape index (κ2) is 7.67. The maximum atomic E-state index is 12.6. The number of nitrogens with one attached hydrogen (secondary N) is 1. The number of carboxylic acids is 1. The molecule has 0 atom stereocenters. The molecule has 6 nitrogen and oxygen atoms in total. The number of methoxy groups -OCH3 is 1. The number of rotatable bonds is 6. The lowest BCUT2D eigenvalue weighted by Crippen LogP contribution is -2.13. The van der Waals surface area contributed by atoms with Crippen molar-refractivity contribution in [3.63, 3.8) is 0 Å². The van der Waals surface area contributed by atoms with Crippen LogP contribution in [0, 0.1) is 0 Å². The Balaban J connectivity index is 1.95. The third-order valence-corrected chi connectivity index (χ3v) is 4.89. The van der Waals surface area contributed by atoms with Gasteiger partial charge in [-0.2, -0.15) is 0 Å². The number of hydrogen-bond donors (Lipinski definition) is 2. The molecule has 27 heavy (non-hydrogen) atoms. The summed E-state index contributed by atoms with van der Waals surface area (Å²) < 4.78 is 12.2. The lowest BCUT2D eigenvalue weighted by atomic mass is 10.1. The molecule has 3 aromatic rings. The van der Waals surface area contributed by atoms with Gasteiger partial charge in [0, 0.05) is 15.6 Å². The van der Waals surface area contributed by atoms with Crippen LogP contribution in [0.25, 0.3) is 10.1 Å². The van der Waals surface area contributed by atoms with Gasteiger partial charge in [0.05, 0.1) is 18.8 Å². The van der Waals surface area contributed by atoms with E-state index < -0.39 is 5.97 Å². The van der Waals surface area contributed by atoms with Gasteiger partial charge in [0.25, 0.3) is 5.91 Å². The molecular weight excluding hydrogens is 366 g/mol. The summed E-state index contributed by atoms with van der Waals surface area (Å²) in [6.07, 6.45) is -0.0699. The van der Waals surface area contributed by atoms with Crippen molar-refractivity contribution in [2.45, 2.75) is 20.0 Å². The Hall–Kier alpha value is -3.06. The Kier molecular flexibility index (Phi) is 5.32. The lowest BCUT2D eigenvalue weighted by molar-refractivity contribution is 0.0696. The molecule has 140 valence electrons. The summed E-state index contributed by atoms with van der Waals surface area (Å²) in [5.74, 6) is -0.0671. The van der Waals surface area contributed by atoms with E-state index in [2.05, 4.69) is 5.32 Å². The van der Waals surface area contributed by atoms with Crippen LogP contribution in [0.2, 0.25) is 0 Å². The first-order chi connectivity index (χ1) is 12.9. The molecule has 7 heteroatoms. The van der Waals surface area contributed by atoms with E-state index in [9.17, 15) is 9.59 Å². The number of ether oxygens (including phenoxy) is 2. The second-order valence-electron chi connectivity index (χ2n) is 6.13. The summed E-state index contributed by atoms with van der Waals surface area (Å²) in [6.45, 7) is 3.83. The third kappa shape index (κ3) is 4.03. The average Bonchev–Trinajstić information content (AvgIpc) is 2.97. The zero-order valence-corrected chi connectivity index (χ0v) is 15.9. The van der Waals surface area contributed by atoms with Crippen LogP contribution in [0.1, 0.15) is 34.6 Å². The van der Waals surface area contributed by atoms with Crippen molar-refractivity contribution in [3.05, 3.63) is 53.6 Å². The number of amides is 1. The number of carbonyl (C=O) groups is 2. The van der Waals surface area contributed by atoms with Crippen LogP contribution >= 0.6 is 11.3 Å². The van der Waals surface area contributed by atoms with Crippen molar-refractivity contribution >= 4 is 38.3 Å². The molecule has 1 aromatic heterocycles. The van der Waals surface area contributed by atoms with Gasteiger partial charge < -0.3 is 19.9 Å². The minimum Gasteiger partial charge on any atom is -0.497 e. The summed E-state index contributed by atoms with van der Waals surface area (Å²) in [4.78, 5) is 23.5. The van der Waals surface area contributed by atoms with Crippen LogP contribution in [0.3, 0.4) is 0 Å². The molecule has 0 saturated heterocycles. The molecule has 0 radical (unpaired) electrons. The summed E-state index contributed by atoms with van der Waals surface area (Å²) in [7, 11) is 1.60. The Morgan fingerprint density at radius 2 is 1.74 bits per heavy atom. The number of carbonyl (C=O) groups excluding carboxylic acids is 1. The largest absolute Gasteiger partial charge is 0.497 e. The van der Waals surface area contributed by atoms with Gasteiger partial charge in [0.15, 0.2) is 5.75 Å². The molecule has 0 saturated carbocycles. The molecule has 3 rings (SSSR count). The number of hydrogen-bond acceptors (Lipinski definition) is 5. The number of anilines is 1. The van der Waals surface area contributed by atoms with Gasteiger partial charge in [-0.05, 0) is 56.3 Å². The molecule has 2 N–H and O–H groups in total. The summed E-state index contributed by atoms with van der Waals surface area (Å²) in [6, 6.07) is 11.4. The molecule has 0 aliphatic carbocycles. The zero-order valence-electron chi connectivity index (χ0n) is 15.1. The highest BCUT2D eigenvalue weighted by Crippen LogP contribution is 2.44. The van der Waals surface area contributed by atoms with Crippen molar-refractivity contribution in [1.82, 2.24) is 0 Å². The van der Waals surface area contributed by atoms with E-state index >= 15 is 0 Å². The molecule has 0 bridgehead atoms. The number of benzene rings is 2. The van der Waals surface area contributed by atoms with Crippen molar-refractivity contribution in [1.29, 1.82) is 0 Å². The third-order valence-electron chi connectivity index (χ3n) is 3.82. The minimum absolute atomic E-state index is 0.0699. The fourth-order valence-electron chi connectivity index (χ4n) is 2.56. The van der Waals surface area contributed by atoms with E-state index in [4.69, 9.17) is 14.6 Å². The number of fused-ring (bicyclic) bond motifs is 1. The standard InChI is InChI=1S/C20H19NO5S/c1-11(2)26-17-15-10-14(25-3)8-9-16(15)27-19(17)21-18(22)12-4-6-13(7-5-12)20(23)24/h4-11H,1-3H3,(H,21,22)(H,23,24). The Bertz CT molecular complexity index is 992. The lowest BCUT2D eigenvalue weighted by Gasteiger charge is -2.12. The highest BCUT2D eigenvalue weighted by atomic mass is 32.1. The summed E-state index contributed by atoms with van der Waals surface area (Å²) >= 11 is 1.41. The second-order valence-corrected chi connectivity index (χ2v) is 7.18. The fraction of sp³-hybridized carbons (Fsp3) is 0.200. The van der Waals surface area contributed by atoms with Crippen LogP contribution in [0.5, 0.6) is 11.5 Å². The summed E-state index contributed by atoms with van der Waals surface area (Å²) in [5, 5.41) is 13.3. The average molecular weight is 385 g/mol. The van der Waals surface area contributed by atoms with E-state index in [1.165, 1.54) is 35.6 Å². The molecule has 1 amide bonds. The van der Waals surface area contributed by atoms with Gasteiger partial charge in [-0.15, -0.1) is 11.3 Å². The van der Waals surface area contributed by atoms with Crippen molar-refractivity contribution in [2.24, 2.45) is 0 Å². The Morgan fingerprint density at radius 1 is 1.07 bits per heavy atom. The van der Waals surface area contributed by atoms with Gasteiger partial charge in [-0.1, -0.05) is 0 Å². The van der Waals surface area contributed by atoms with Crippen molar-refractivity contribution < 1.29 is 24.2 Å². The highest BCUT2D eigenvalue weighted by Gasteiger charge is 2.18. The predicted octanol–water partition coefficient (Wildman–Crippen LogP) is 4.65. The SMILES string of the molecule is COc1ccc2sc(NC(=O)c3ccc(C(=O)O)cc3)c(OC(C)C)c2c1. The Morgan fingerprint density at radius 3 is 2.33 bits per heavy atom. The number of carboxylic acid groups (broad SMARTS) is 1. The number of thiophene rings is 1. The first-order valence-corrected chi connectivity index (χ1v) is 9.12. The highest BCUT2D eigenvalue weighted by molar-refractivity contribution is 7.23. The Labute approximate surface area is 160 Å². The van der Waals surface area contributed by atoms with E-state index in [0.29, 0.717) is 22.1 Å². The molecule has 0 spiro atoms. The van der Waals surface area contributed by atoms with E-state index in [1.807, 2.05) is 32.0 Å². The first-order valence-electron chi connectivity index (χ1n) is 8.31. The molecule has 0 aliphatic heterocycles. The van der Waals surface area contributed by atoms with E-state index in [-0.39, 0.29) is 17.6 Å². The van der Waals surface area contributed by atoms with Crippen LogP contribution in [0.4, 0.5) is 5.00 Å². The molecular formula is C20H19NO5S. The van der Waals surface area contributed by atoms with E-state index in [0.717, 1.165) is 10.1 Å². The van der Waals surface area contributed by atoms with Crippen LogP contribution in [-0.4, -0.2) is 30.2 Å². The molecule has 0 fully saturated rings.